The average molecular weight is 256 g/mol. The molecule has 5 unspecified atom stereocenters. The normalized spacial score (nSPS) is 39.4. The quantitative estimate of drug-likeness (QED) is 0.904. The molecule has 5 atom stereocenters. The van der Waals surface area contributed by atoms with Crippen molar-refractivity contribution in [2.24, 2.45) is 23.7 Å². The Balaban J connectivity index is 1.38. The zero-order valence-electron chi connectivity index (χ0n) is 11.1. The molecule has 2 bridgehead atoms. The second-order valence-corrected chi connectivity index (χ2v) is 6.52. The van der Waals surface area contributed by atoms with Gasteiger partial charge in [-0.25, -0.2) is 0 Å². The van der Waals surface area contributed by atoms with Crippen molar-refractivity contribution < 1.29 is 4.42 Å². The molecule has 1 N–H and O–H groups in total. The van der Waals surface area contributed by atoms with Crippen molar-refractivity contribution in [3.05, 3.63) is 23.7 Å². The number of hydrogen-bond donors (Lipinski definition) is 1. The van der Waals surface area contributed by atoms with Crippen LogP contribution in [0.25, 0.3) is 0 Å². The molecule has 0 saturated heterocycles. The topological polar surface area (TPSA) is 49.0 Å². The van der Waals surface area contributed by atoms with E-state index in [4.69, 9.17) is 9.68 Å². The molecule has 3 saturated carbocycles. The SMILES string of the molecule is N#Cc1ccc(CNC2CC3CC2C2CCCC32)o1. The molecule has 0 spiro atoms. The van der Waals surface area contributed by atoms with Crippen molar-refractivity contribution >= 4 is 0 Å². The molecule has 19 heavy (non-hydrogen) atoms. The second-order valence-electron chi connectivity index (χ2n) is 6.52. The predicted octanol–water partition coefficient (Wildman–Crippen LogP) is 3.07. The molecular formula is C16H20N2O. The van der Waals surface area contributed by atoms with Crippen LogP contribution in [0.15, 0.2) is 16.5 Å². The lowest BCUT2D eigenvalue weighted by atomic mass is 9.79. The van der Waals surface area contributed by atoms with Crippen LogP contribution in [0, 0.1) is 35.0 Å². The van der Waals surface area contributed by atoms with Crippen molar-refractivity contribution in [3.8, 4) is 6.07 Å². The van der Waals surface area contributed by atoms with E-state index in [2.05, 4.69) is 5.32 Å². The largest absolute Gasteiger partial charge is 0.449 e. The predicted molar refractivity (Wildman–Crippen MR) is 71.1 cm³/mol. The Morgan fingerprint density at radius 2 is 2.11 bits per heavy atom. The number of hydrogen-bond acceptors (Lipinski definition) is 3. The van der Waals surface area contributed by atoms with E-state index in [0.29, 0.717) is 11.8 Å². The molecule has 3 fully saturated rings. The van der Waals surface area contributed by atoms with E-state index in [-0.39, 0.29) is 0 Å². The van der Waals surface area contributed by atoms with E-state index >= 15 is 0 Å². The van der Waals surface area contributed by atoms with Gasteiger partial charge in [0.05, 0.1) is 6.54 Å². The molecule has 3 aliphatic carbocycles. The van der Waals surface area contributed by atoms with Gasteiger partial charge in [-0.3, -0.25) is 0 Å². The first-order valence-electron chi connectivity index (χ1n) is 7.57. The van der Waals surface area contributed by atoms with Gasteiger partial charge in [0.15, 0.2) is 0 Å². The molecular weight excluding hydrogens is 236 g/mol. The lowest BCUT2D eigenvalue weighted by Gasteiger charge is -2.32. The van der Waals surface area contributed by atoms with Crippen LogP contribution >= 0.6 is 0 Å². The third kappa shape index (κ3) is 1.81. The third-order valence-corrected chi connectivity index (χ3v) is 5.74. The molecule has 3 nitrogen and oxygen atoms in total. The summed E-state index contributed by atoms with van der Waals surface area (Å²) in [6.07, 6.45) is 7.22. The minimum atomic E-state index is 0.417. The highest BCUT2D eigenvalue weighted by Gasteiger charge is 2.53. The van der Waals surface area contributed by atoms with E-state index < -0.39 is 0 Å². The van der Waals surface area contributed by atoms with Gasteiger partial charge in [-0.2, -0.15) is 5.26 Å². The van der Waals surface area contributed by atoms with Crippen molar-refractivity contribution in [2.45, 2.75) is 44.7 Å². The van der Waals surface area contributed by atoms with Crippen LogP contribution in [-0.2, 0) is 6.54 Å². The average Bonchev–Trinajstić information content (AvgIpc) is 3.16. The number of nitrogens with one attached hydrogen (secondary N) is 1. The standard InChI is InChI=1S/C16H20N2O/c17-8-11-4-5-12(19-11)9-18-16-7-10-6-15(16)14-3-1-2-13(10)14/h4-5,10,13-16,18H,1-3,6-7,9H2. The van der Waals surface area contributed by atoms with Gasteiger partial charge in [-0.1, -0.05) is 6.42 Å². The molecule has 4 rings (SSSR count). The molecule has 1 heterocycles. The Labute approximate surface area is 114 Å². The minimum Gasteiger partial charge on any atom is -0.449 e. The van der Waals surface area contributed by atoms with E-state index in [0.717, 1.165) is 36.0 Å². The van der Waals surface area contributed by atoms with Gasteiger partial charge in [0.25, 0.3) is 0 Å². The van der Waals surface area contributed by atoms with Gasteiger partial charge >= 0.3 is 0 Å². The number of nitriles is 1. The fourth-order valence-electron chi connectivity index (χ4n) is 5.07. The Kier molecular flexibility index (Phi) is 2.66. The van der Waals surface area contributed by atoms with Crippen LogP contribution in [0.3, 0.4) is 0 Å². The fourth-order valence-corrected chi connectivity index (χ4v) is 5.07. The van der Waals surface area contributed by atoms with Crippen LogP contribution in [0.1, 0.15) is 43.6 Å². The van der Waals surface area contributed by atoms with Gasteiger partial charge in [0, 0.05) is 6.04 Å². The highest BCUT2D eigenvalue weighted by molar-refractivity contribution is 5.19. The number of furan rings is 1. The van der Waals surface area contributed by atoms with Crippen LogP contribution in [0.2, 0.25) is 0 Å². The van der Waals surface area contributed by atoms with Crippen LogP contribution < -0.4 is 5.32 Å². The van der Waals surface area contributed by atoms with Crippen molar-refractivity contribution in [1.29, 1.82) is 5.26 Å². The molecule has 100 valence electrons. The summed E-state index contributed by atoms with van der Waals surface area (Å²) in [4.78, 5) is 0. The first-order valence-corrected chi connectivity index (χ1v) is 7.57. The first kappa shape index (κ1) is 11.5. The molecule has 0 aliphatic heterocycles. The van der Waals surface area contributed by atoms with Crippen LogP contribution in [0.4, 0.5) is 0 Å². The zero-order chi connectivity index (χ0) is 12.8. The maximum Gasteiger partial charge on any atom is 0.203 e. The summed E-state index contributed by atoms with van der Waals surface area (Å²) in [5.41, 5.74) is 0. The Morgan fingerprint density at radius 3 is 2.95 bits per heavy atom. The Hall–Kier alpha value is -1.27. The number of fused-ring (bicyclic) bond motifs is 5. The Morgan fingerprint density at radius 1 is 1.21 bits per heavy atom. The molecule has 3 heteroatoms. The van der Waals surface area contributed by atoms with E-state index in [9.17, 15) is 0 Å². The van der Waals surface area contributed by atoms with E-state index in [1.165, 1.54) is 32.1 Å². The third-order valence-electron chi connectivity index (χ3n) is 5.74. The van der Waals surface area contributed by atoms with Gasteiger partial charge in [-0.05, 0) is 61.5 Å². The smallest absolute Gasteiger partial charge is 0.203 e. The van der Waals surface area contributed by atoms with Crippen molar-refractivity contribution in [3.63, 3.8) is 0 Å². The molecule has 3 aliphatic rings. The summed E-state index contributed by atoms with van der Waals surface area (Å²) in [6.45, 7) is 0.771. The fraction of sp³-hybridized carbons (Fsp3) is 0.688. The monoisotopic (exact) mass is 256 g/mol. The van der Waals surface area contributed by atoms with Gasteiger partial charge in [0.2, 0.25) is 5.76 Å². The summed E-state index contributed by atoms with van der Waals surface area (Å²) in [5, 5.41) is 12.4. The summed E-state index contributed by atoms with van der Waals surface area (Å²) in [6, 6.07) is 6.39. The molecule has 0 aromatic carbocycles. The molecule has 0 amide bonds. The maximum absolute atomic E-state index is 8.76. The van der Waals surface area contributed by atoms with Crippen molar-refractivity contribution in [1.82, 2.24) is 5.32 Å². The lowest BCUT2D eigenvalue weighted by Crippen LogP contribution is -2.38. The highest BCUT2D eigenvalue weighted by Crippen LogP contribution is 2.58. The van der Waals surface area contributed by atoms with Crippen LogP contribution in [0.5, 0.6) is 0 Å². The minimum absolute atomic E-state index is 0.417. The summed E-state index contributed by atoms with van der Waals surface area (Å²) < 4.78 is 5.44. The number of rotatable bonds is 3. The summed E-state index contributed by atoms with van der Waals surface area (Å²) >= 11 is 0. The van der Waals surface area contributed by atoms with Gasteiger partial charge in [-0.15, -0.1) is 0 Å². The summed E-state index contributed by atoms with van der Waals surface area (Å²) in [7, 11) is 0. The zero-order valence-corrected chi connectivity index (χ0v) is 11.1. The van der Waals surface area contributed by atoms with Crippen molar-refractivity contribution in [2.75, 3.05) is 0 Å². The van der Waals surface area contributed by atoms with Gasteiger partial charge < -0.3 is 9.73 Å². The second kappa shape index (κ2) is 4.38. The Bertz CT molecular complexity index is 515. The maximum atomic E-state index is 8.76. The van der Waals surface area contributed by atoms with E-state index in [1.54, 1.807) is 6.07 Å². The summed E-state index contributed by atoms with van der Waals surface area (Å²) in [5.74, 6) is 5.26. The van der Waals surface area contributed by atoms with Crippen LogP contribution in [-0.4, -0.2) is 6.04 Å². The van der Waals surface area contributed by atoms with E-state index in [1.807, 2.05) is 12.1 Å². The van der Waals surface area contributed by atoms with Gasteiger partial charge in [0.1, 0.15) is 11.8 Å². The first-order chi connectivity index (χ1) is 9.35. The molecule has 1 aromatic heterocycles. The molecule has 1 aromatic rings. The highest BCUT2D eigenvalue weighted by atomic mass is 16.3. The molecule has 0 radical (unpaired) electrons. The lowest BCUT2D eigenvalue weighted by molar-refractivity contribution is 0.205. The number of nitrogens with zero attached hydrogens (tertiary/aromatic N) is 1.